The van der Waals surface area contributed by atoms with Crippen molar-refractivity contribution in [2.45, 2.75) is 11.7 Å². The number of thiophene rings is 1. The molecule has 8 heteroatoms. The maximum absolute atomic E-state index is 5.37. The minimum absolute atomic E-state index is 0.599. The van der Waals surface area contributed by atoms with Crippen LogP contribution in [0.15, 0.2) is 27.1 Å². The molecule has 4 N–H and O–H groups in total. The summed E-state index contributed by atoms with van der Waals surface area (Å²) in [7, 11) is 0. The van der Waals surface area contributed by atoms with Crippen LogP contribution in [-0.4, -0.2) is 16.2 Å². The summed E-state index contributed by atoms with van der Waals surface area (Å²) in [6.07, 6.45) is 1.93. The zero-order valence-electron chi connectivity index (χ0n) is 9.61. The Balaban J connectivity index is 2.11. The standard InChI is InChI=1S/C10H12BrN5S2/c1-17-10-14-8(4-9(15-10)16-12)13-5-7-6(11)2-3-18-7/h2-4H,5,12H2,1H3,(H2,13,14,15,16). The van der Waals surface area contributed by atoms with Crippen molar-refractivity contribution in [2.75, 3.05) is 17.0 Å². The van der Waals surface area contributed by atoms with Crippen molar-refractivity contribution in [1.29, 1.82) is 0 Å². The van der Waals surface area contributed by atoms with Gasteiger partial charge in [-0.1, -0.05) is 11.8 Å². The molecule has 0 fully saturated rings. The van der Waals surface area contributed by atoms with Crippen molar-refractivity contribution in [3.05, 3.63) is 26.9 Å². The number of hydrogen-bond acceptors (Lipinski definition) is 7. The lowest BCUT2D eigenvalue weighted by molar-refractivity contribution is 0.955. The molecule has 0 atom stereocenters. The second kappa shape index (κ2) is 6.37. The van der Waals surface area contributed by atoms with Crippen LogP contribution in [0.25, 0.3) is 0 Å². The highest BCUT2D eigenvalue weighted by molar-refractivity contribution is 9.10. The van der Waals surface area contributed by atoms with E-state index < -0.39 is 0 Å². The molecule has 2 heterocycles. The van der Waals surface area contributed by atoms with Gasteiger partial charge < -0.3 is 10.7 Å². The minimum atomic E-state index is 0.599. The van der Waals surface area contributed by atoms with Gasteiger partial charge in [0.25, 0.3) is 0 Å². The number of nitrogen functional groups attached to an aromatic ring is 1. The number of anilines is 2. The first-order valence-electron chi connectivity index (χ1n) is 5.08. The number of thioether (sulfide) groups is 1. The number of rotatable bonds is 5. The summed E-state index contributed by atoms with van der Waals surface area (Å²) in [4.78, 5) is 9.79. The molecule has 0 spiro atoms. The van der Waals surface area contributed by atoms with Crippen LogP contribution >= 0.6 is 39.0 Å². The van der Waals surface area contributed by atoms with Crippen LogP contribution in [0.4, 0.5) is 11.6 Å². The first-order chi connectivity index (χ1) is 8.72. The number of nitrogens with zero attached hydrogens (tertiary/aromatic N) is 2. The fourth-order valence-electron chi connectivity index (χ4n) is 1.30. The van der Waals surface area contributed by atoms with Crippen molar-refractivity contribution in [2.24, 2.45) is 5.84 Å². The summed E-state index contributed by atoms with van der Waals surface area (Å²) in [5.41, 5.74) is 2.54. The van der Waals surface area contributed by atoms with Crippen LogP contribution in [0.5, 0.6) is 0 Å². The van der Waals surface area contributed by atoms with Gasteiger partial charge in [-0.05, 0) is 33.6 Å². The third-order valence-corrected chi connectivity index (χ3v) is 4.63. The zero-order valence-corrected chi connectivity index (χ0v) is 12.8. The van der Waals surface area contributed by atoms with Gasteiger partial charge in [-0.25, -0.2) is 15.8 Å². The maximum Gasteiger partial charge on any atom is 0.191 e. The number of hydrogen-bond donors (Lipinski definition) is 3. The number of aromatic nitrogens is 2. The molecule has 0 bridgehead atoms. The molecule has 96 valence electrons. The molecule has 0 saturated heterocycles. The molecule has 0 radical (unpaired) electrons. The average molecular weight is 346 g/mol. The van der Waals surface area contributed by atoms with Crippen LogP contribution < -0.4 is 16.6 Å². The fourth-order valence-corrected chi connectivity index (χ4v) is 3.11. The van der Waals surface area contributed by atoms with Crippen molar-refractivity contribution in [1.82, 2.24) is 9.97 Å². The predicted molar refractivity (Wildman–Crippen MR) is 81.0 cm³/mol. The lowest BCUT2D eigenvalue weighted by atomic mass is 10.4. The molecule has 0 unspecified atom stereocenters. The zero-order chi connectivity index (χ0) is 13.0. The molecular weight excluding hydrogens is 334 g/mol. The summed E-state index contributed by atoms with van der Waals surface area (Å²) in [6.45, 7) is 0.715. The van der Waals surface area contributed by atoms with Crippen LogP contribution in [0, 0.1) is 0 Å². The van der Waals surface area contributed by atoms with Crippen molar-refractivity contribution in [3.63, 3.8) is 0 Å². The summed E-state index contributed by atoms with van der Waals surface area (Å²) in [6, 6.07) is 3.81. The lowest BCUT2D eigenvalue weighted by Crippen LogP contribution is -2.11. The van der Waals surface area contributed by atoms with Gasteiger partial charge in [0.1, 0.15) is 11.6 Å². The molecule has 2 rings (SSSR count). The van der Waals surface area contributed by atoms with Crippen molar-refractivity contribution < 1.29 is 0 Å². The molecular formula is C10H12BrN5S2. The Bertz CT molecular complexity index is 508. The molecule has 0 aromatic carbocycles. The Kier molecular flexibility index (Phi) is 4.81. The Morgan fingerprint density at radius 3 is 2.83 bits per heavy atom. The van der Waals surface area contributed by atoms with Gasteiger partial charge in [0.15, 0.2) is 5.16 Å². The topological polar surface area (TPSA) is 75.9 Å². The van der Waals surface area contributed by atoms with Crippen LogP contribution in [0.2, 0.25) is 0 Å². The van der Waals surface area contributed by atoms with Gasteiger partial charge >= 0.3 is 0 Å². The third-order valence-electron chi connectivity index (χ3n) is 2.16. The third kappa shape index (κ3) is 3.35. The molecule has 0 amide bonds. The van der Waals surface area contributed by atoms with Crippen molar-refractivity contribution in [3.8, 4) is 0 Å². The molecule has 0 aliphatic heterocycles. The summed E-state index contributed by atoms with van der Waals surface area (Å²) >= 11 is 6.66. The Hall–Kier alpha value is -0.830. The first kappa shape index (κ1) is 13.6. The first-order valence-corrected chi connectivity index (χ1v) is 7.98. The SMILES string of the molecule is CSc1nc(NN)cc(NCc2sccc2Br)n1. The maximum atomic E-state index is 5.37. The van der Waals surface area contributed by atoms with Crippen LogP contribution in [0.1, 0.15) is 4.88 Å². The lowest BCUT2D eigenvalue weighted by Gasteiger charge is -2.08. The Morgan fingerprint density at radius 2 is 2.22 bits per heavy atom. The molecule has 0 aliphatic rings. The molecule has 18 heavy (non-hydrogen) atoms. The number of halogens is 1. The van der Waals surface area contributed by atoms with Crippen LogP contribution in [0.3, 0.4) is 0 Å². The van der Waals surface area contributed by atoms with Crippen LogP contribution in [-0.2, 0) is 6.54 Å². The molecule has 0 saturated carbocycles. The number of hydrazine groups is 1. The predicted octanol–water partition coefficient (Wildman–Crippen LogP) is 2.92. The number of nitrogens with one attached hydrogen (secondary N) is 2. The smallest absolute Gasteiger partial charge is 0.191 e. The van der Waals surface area contributed by atoms with E-state index in [4.69, 9.17) is 5.84 Å². The Morgan fingerprint density at radius 1 is 1.44 bits per heavy atom. The second-order valence-electron chi connectivity index (χ2n) is 3.31. The van der Waals surface area contributed by atoms with E-state index in [-0.39, 0.29) is 0 Å². The van der Waals surface area contributed by atoms with E-state index in [0.717, 1.165) is 10.3 Å². The molecule has 2 aromatic rings. The van der Waals surface area contributed by atoms with Gasteiger partial charge in [0.2, 0.25) is 0 Å². The van der Waals surface area contributed by atoms with Gasteiger partial charge in [0.05, 0.1) is 6.54 Å². The van der Waals surface area contributed by atoms with Gasteiger partial charge in [0, 0.05) is 15.4 Å². The highest BCUT2D eigenvalue weighted by Crippen LogP contribution is 2.24. The van der Waals surface area contributed by atoms with Gasteiger partial charge in [-0.2, -0.15) is 0 Å². The monoisotopic (exact) mass is 345 g/mol. The fraction of sp³-hybridized carbons (Fsp3) is 0.200. The summed E-state index contributed by atoms with van der Waals surface area (Å²) in [5, 5.41) is 5.98. The molecule has 5 nitrogen and oxygen atoms in total. The summed E-state index contributed by atoms with van der Waals surface area (Å²) < 4.78 is 1.11. The highest BCUT2D eigenvalue weighted by Gasteiger charge is 2.05. The van der Waals surface area contributed by atoms with Crippen molar-refractivity contribution >= 4 is 50.7 Å². The van der Waals surface area contributed by atoms with Gasteiger partial charge in [-0.3, -0.25) is 0 Å². The number of nitrogens with two attached hydrogens (primary N) is 1. The van der Waals surface area contributed by atoms with E-state index in [1.165, 1.54) is 16.6 Å². The van der Waals surface area contributed by atoms with E-state index in [1.54, 1.807) is 17.4 Å². The molecule has 2 aromatic heterocycles. The normalized spacial score (nSPS) is 10.4. The minimum Gasteiger partial charge on any atom is -0.365 e. The highest BCUT2D eigenvalue weighted by atomic mass is 79.9. The van der Waals surface area contributed by atoms with E-state index in [0.29, 0.717) is 17.5 Å². The second-order valence-corrected chi connectivity index (χ2v) is 5.94. The Labute approximate surface area is 122 Å². The molecule has 0 aliphatic carbocycles. The summed E-state index contributed by atoms with van der Waals surface area (Å²) in [5.74, 6) is 6.73. The van der Waals surface area contributed by atoms with Gasteiger partial charge in [-0.15, -0.1) is 11.3 Å². The largest absolute Gasteiger partial charge is 0.365 e. The van der Waals surface area contributed by atoms with E-state index >= 15 is 0 Å². The van der Waals surface area contributed by atoms with E-state index in [1.807, 2.05) is 17.7 Å². The average Bonchev–Trinajstić information content (AvgIpc) is 2.81. The van der Waals surface area contributed by atoms with E-state index in [2.05, 4.69) is 36.6 Å². The quantitative estimate of drug-likeness (QED) is 0.335. The van der Waals surface area contributed by atoms with E-state index in [9.17, 15) is 0 Å².